The number of aliphatic hydroxyl groups excluding tert-OH is 1. The standard InChI is InChI=1S/C11H14ClNO3S.C11H14ClNS.C2H6O.CH4S.Na/c1-17(14,15)16-10-4-2-8(6-10)9-3-5-11(12)13-7-9;1-14-10-4-2-8(6-10)9-3-5-11(12)13-7-9;1-2-3;1-2;/h3,5,7-8,10H,2,4,6H2,1H3;3,5,7-8,10H,2,4,6H2,1H3;3H,2H2,1H3;2H,1H3;/q;;;;+1/p-1. The van der Waals surface area contributed by atoms with Crippen molar-refractivity contribution in [2.24, 2.45) is 0 Å². The quantitative estimate of drug-likeness (QED) is 0.236. The van der Waals surface area contributed by atoms with Gasteiger partial charge in [-0.25, -0.2) is 9.97 Å². The molecule has 2 aromatic rings. The van der Waals surface area contributed by atoms with Crippen molar-refractivity contribution in [2.45, 2.75) is 68.6 Å². The molecule has 0 bridgehead atoms. The van der Waals surface area contributed by atoms with Gasteiger partial charge in [-0.1, -0.05) is 35.3 Å². The Morgan fingerprint density at radius 3 is 1.81 bits per heavy atom. The summed E-state index contributed by atoms with van der Waals surface area (Å²) >= 11 is 17.5. The number of nitrogens with zero attached hydrogens (tertiary/aromatic N) is 2. The van der Waals surface area contributed by atoms with Gasteiger partial charge >= 0.3 is 29.6 Å². The SMILES string of the molecule is CCO.CS(=O)(=O)OC1CCC(c2ccc(Cl)nc2)C1.CSC1CCC(c2ccc(Cl)nc2)C1.C[S-].[Na+]. The molecule has 2 aromatic heterocycles. The number of aliphatic hydroxyl groups is 1. The van der Waals surface area contributed by atoms with Crippen molar-refractivity contribution in [1.29, 1.82) is 0 Å². The minimum atomic E-state index is -3.36. The fourth-order valence-electron chi connectivity index (χ4n) is 4.29. The van der Waals surface area contributed by atoms with Crippen LogP contribution in [0.2, 0.25) is 10.3 Å². The van der Waals surface area contributed by atoms with Gasteiger partial charge in [0.1, 0.15) is 10.3 Å². The van der Waals surface area contributed by atoms with Crippen molar-refractivity contribution in [3.63, 3.8) is 0 Å². The van der Waals surface area contributed by atoms with Gasteiger partial charge in [0.2, 0.25) is 0 Å². The molecule has 2 aliphatic rings. The maximum absolute atomic E-state index is 11.0. The molecule has 204 valence electrons. The normalized spacial score (nSPS) is 22.3. The molecule has 0 saturated heterocycles. The van der Waals surface area contributed by atoms with Gasteiger partial charge in [0.25, 0.3) is 10.1 Å². The van der Waals surface area contributed by atoms with Crippen molar-refractivity contribution in [1.82, 2.24) is 9.97 Å². The zero-order chi connectivity index (χ0) is 27.1. The molecule has 0 aliphatic heterocycles. The Bertz CT molecular complexity index is 971. The second-order valence-corrected chi connectivity index (χ2v) is 12.0. The summed E-state index contributed by atoms with van der Waals surface area (Å²) in [5.74, 6) is 1.02. The first kappa shape index (κ1) is 37.5. The van der Waals surface area contributed by atoms with E-state index in [9.17, 15) is 8.42 Å². The van der Waals surface area contributed by atoms with Crippen LogP contribution < -0.4 is 29.6 Å². The summed E-state index contributed by atoms with van der Waals surface area (Å²) in [6.07, 6.45) is 14.7. The second-order valence-electron chi connectivity index (χ2n) is 8.44. The first-order valence-corrected chi connectivity index (χ1v) is 16.5. The molecule has 1 N–H and O–H groups in total. The summed E-state index contributed by atoms with van der Waals surface area (Å²) in [5.41, 5.74) is 2.44. The summed E-state index contributed by atoms with van der Waals surface area (Å²) < 4.78 is 27.0. The average molecular weight is 620 g/mol. The number of hydrogen-bond acceptors (Lipinski definition) is 8. The zero-order valence-electron chi connectivity index (χ0n) is 22.3. The number of rotatable bonds is 5. The van der Waals surface area contributed by atoms with E-state index in [2.05, 4.69) is 34.9 Å². The first-order chi connectivity index (χ1) is 17.1. The van der Waals surface area contributed by atoms with Crippen LogP contribution in [0.1, 0.15) is 68.4 Å². The number of hydrogen-bond donors (Lipinski definition) is 1. The smallest absolute Gasteiger partial charge is 0.796 e. The van der Waals surface area contributed by atoms with Gasteiger partial charge in [0, 0.05) is 24.3 Å². The van der Waals surface area contributed by atoms with Gasteiger partial charge < -0.3 is 17.7 Å². The van der Waals surface area contributed by atoms with Gasteiger partial charge in [0.15, 0.2) is 0 Å². The minimum Gasteiger partial charge on any atom is -0.796 e. The molecule has 2 fully saturated rings. The van der Waals surface area contributed by atoms with Crippen LogP contribution in [0, 0.1) is 0 Å². The molecule has 0 radical (unpaired) electrons. The van der Waals surface area contributed by atoms with E-state index in [4.69, 9.17) is 32.5 Å². The van der Waals surface area contributed by atoms with Crippen LogP contribution >= 0.6 is 35.0 Å². The van der Waals surface area contributed by atoms with Crippen molar-refractivity contribution in [3.05, 3.63) is 58.1 Å². The number of thioether (sulfide) groups is 1. The predicted octanol–water partition coefficient (Wildman–Crippen LogP) is 3.25. The molecular formula is C25H37Cl2N2NaO4S3. The van der Waals surface area contributed by atoms with E-state index in [0.29, 0.717) is 22.1 Å². The number of halogens is 2. The third-order valence-corrected chi connectivity index (χ3v) is 8.02. The molecule has 0 amide bonds. The van der Waals surface area contributed by atoms with E-state index in [1.165, 1.54) is 24.8 Å². The van der Waals surface area contributed by atoms with Crippen LogP contribution in [0.15, 0.2) is 36.7 Å². The van der Waals surface area contributed by atoms with Gasteiger partial charge in [-0.05, 0) is 86.8 Å². The molecule has 2 saturated carbocycles. The maximum atomic E-state index is 11.0. The molecule has 4 rings (SSSR count). The fraction of sp³-hybridized carbons (Fsp3) is 0.600. The predicted molar refractivity (Wildman–Crippen MR) is 155 cm³/mol. The van der Waals surface area contributed by atoms with E-state index >= 15 is 0 Å². The van der Waals surface area contributed by atoms with Crippen LogP contribution in [0.5, 0.6) is 0 Å². The minimum absolute atomic E-state index is 0. The van der Waals surface area contributed by atoms with Gasteiger partial charge in [-0.15, -0.1) is 0 Å². The maximum Gasteiger partial charge on any atom is 1.00 e. The molecule has 0 aromatic carbocycles. The van der Waals surface area contributed by atoms with Crippen molar-refractivity contribution in [2.75, 3.05) is 25.4 Å². The molecule has 2 heterocycles. The largest absolute Gasteiger partial charge is 1.00 e. The molecule has 2 aliphatic carbocycles. The Balaban J connectivity index is 0.000000590. The summed E-state index contributed by atoms with van der Waals surface area (Å²) in [7, 11) is -3.36. The van der Waals surface area contributed by atoms with E-state index in [0.717, 1.165) is 36.3 Å². The van der Waals surface area contributed by atoms with Gasteiger partial charge in [0.05, 0.1) is 12.4 Å². The third-order valence-electron chi connectivity index (χ3n) is 5.86. The van der Waals surface area contributed by atoms with E-state index < -0.39 is 10.1 Å². The Hall–Kier alpha value is 0.450. The summed E-state index contributed by atoms with van der Waals surface area (Å²) in [6.45, 7) is 1.93. The molecule has 6 nitrogen and oxygen atoms in total. The van der Waals surface area contributed by atoms with E-state index in [1.54, 1.807) is 25.4 Å². The van der Waals surface area contributed by atoms with Crippen molar-refractivity contribution in [3.8, 4) is 0 Å². The summed E-state index contributed by atoms with van der Waals surface area (Å²) in [6, 6.07) is 7.69. The Labute approximate surface area is 264 Å². The molecule has 0 spiro atoms. The number of aromatic nitrogens is 2. The zero-order valence-corrected chi connectivity index (χ0v) is 28.2. The monoisotopic (exact) mass is 618 g/mol. The Morgan fingerprint density at radius 2 is 1.43 bits per heavy atom. The van der Waals surface area contributed by atoms with Crippen molar-refractivity contribution >= 4 is 57.7 Å². The second kappa shape index (κ2) is 20.3. The Kier molecular flexibility index (Phi) is 20.6. The van der Waals surface area contributed by atoms with Crippen LogP contribution in [-0.4, -0.2) is 60.2 Å². The van der Waals surface area contributed by atoms with Gasteiger partial charge in [-0.2, -0.15) is 26.4 Å². The van der Waals surface area contributed by atoms with E-state index in [-0.39, 0.29) is 42.3 Å². The molecule has 4 unspecified atom stereocenters. The van der Waals surface area contributed by atoms with Gasteiger partial charge in [-0.3, -0.25) is 4.18 Å². The molecule has 4 atom stereocenters. The van der Waals surface area contributed by atoms with Crippen LogP contribution in [0.25, 0.3) is 0 Å². The fourth-order valence-corrected chi connectivity index (χ4v) is 5.98. The molecule has 12 heteroatoms. The summed E-state index contributed by atoms with van der Waals surface area (Å²) in [5, 5.41) is 9.47. The summed E-state index contributed by atoms with van der Waals surface area (Å²) in [4.78, 5) is 8.16. The average Bonchev–Trinajstić information content (AvgIpc) is 3.51. The topological polar surface area (TPSA) is 89.4 Å². The van der Waals surface area contributed by atoms with Crippen molar-refractivity contribution < 1.29 is 47.3 Å². The van der Waals surface area contributed by atoms with Crippen LogP contribution in [0.3, 0.4) is 0 Å². The first-order valence-electron chi connectivity index (χ1n) is 11.8. The molecule has 37 heavy (non-hydrogen) atoms. The molecular weight excluding hydrogens is 582 g/mol. The van der Waals surface area contributed by atoms with Crippen LogP contribution in [0.4, 0.5) is 0 Å². The third kappa shape index (κ3) is 15.1. The number of pyridine rings is 2. The van der Waals surface area contributed by atoms with E-state index in [1.807, 2.05) is 30.1 Å². The van der Waals surface area contributed by atoms with Crippen LogP contribution in [-0.2, 0) is 26.9 Å². The Morgan fingerprint density at radius 1 is 0.973 bits per heavy atom.